The van der Waals surface area contributed by atoms with E-state index in [1.165, 1.54) is 12.5 Å². The minimum atomic E-state index is -1.34. The Bertz CT molecular complexity index is 1560. The maximum Gasteiger partial charge on any atom is 0.341 e. The highest BCUT2D eigenvalue weighted by Crippen LogP contribution is 2.43. The molecule has 0 aliphatic carbocycles. The number of fused-ring (bicyclic) bond motifs is 1. The number of carbonyl (C=O) groups is 1. The number of nitrogens with one attached hydrogen (secondary N) is 1. The van der Waals surface area contributed by atoms with Crippen LogP contribution in [-0.2, 0) is 0 Å². The fourth-order valence-corrected chi connectivity index (χ4v) is 5.05. The standard InChI is InChI=1S/C25H22FN5O4/c1-13-11-35-23-20-16(22(32)17(25(33)34)10-31(13)20)8-18(26)21(23)30-7-6-14(9-30)29-24-15-4-2-3-5-19(15)27-12-28-24/h2-5,8,10,12-14H,6-7,9,11H2,1H3,(H,33,34)(H,27,28,29)/t13-,14+/m0/s1. The first-order valence-corrected chi connectivity index (χ1v) is 11.4. The monoisotopic (exact) mass is 475 g/mol. The lowest BCUT2D eigenvalue weighted by Crippen LogP contribution is -2.30. The normalized spacial score (nSPS) is 19.2. The van der Waals surface area contributed by atoms with Gasteiger partial charge in [-0.15, -0.1) is 0 Å². The topological polar surface area (TPSA) is 110 Å². The average molecular weight is 475 g/mol. The number of hydrogen-bond acceptors (Lipinski definition) is 7. The van der Waals surface area contributed by atoms with Crippen LogP contribution >= 0.6 is 0 Å². The molecule has 2 N–H and O–H groups in total. The summed E-state index contributed by atoms with van der Waals surface area (Å²) in [4.78, 5) is 35.0. The predicted molar refractivity (Wildman–Crippen MR) is 129 cm³/mol. The Kier molecular flexibility index (Phi) is 4.84. The number of pyridine rings is 1. The Morgan fingerprint density at radius 1 is 1.26 bits per heavy atom. The summed E-state index contributed by atoms with van der Waals surface area (Å²) in [7, 11) is 0. The first-order chi connectivity index (χ1) is 16.9. The number of aromatic carboxylic acids is 1. The lowest BCUT2D eigenvalue weighted by atomic mass is 10.1. The molecule has 2 aliphatic heterocycles. The van der Waals surface area contributed by atoms with Gasteiger partial charge in [0.25, 0.3) is 0 Å². The maximum atomic E-state index is 15.5. The molecular formula is C25H22FN5O4. The summed E-state index contributed by atoms with van der Waals surface area (Å²) in [6.07, 6.45) is 3.60. The molecule has 2 atom stereocenters. The first kappa shape index (κ1) is 21.3. The van der Waals surface area contributed by atoms with Crippen LogP contribution in [0.3, 0.4) is 0 Å². The van der Waals surface area contributed by atoms with E-state index in [0.29, 0.717) is 18.6 Å². The number of ether oxygens (including phenoxy) is 1. The Hall–Kier alpha value is -4.21. The molecule has 1 saturated heterocycles. The molecule has 1 fully saturated rings. The summed E-state index contributed by atoms with van der Waals surface area (Å²) in [5.41, 5.74) is 0.452. The van der Waals surface area contributed by atoms with E-state index in [0.717, 1.165) is 29.2 Å². The molecule has 4 aromatic rings. The molecule has 4 heterocycles. The summed E-state index contributed by atoms with van der Waals surface area (Å²) in [5.74, 6) is -0.944. The Morgan fingerprint density at radius 3 is 2.91 bits per heavy atom. The zero-order chi connectivity index (χ0) is 24.3. The lowest BCUT2D eigenvalue weighted by molar-refractivity contribution is 0.0694. The molecule has 35 heavy (non-hydrogen) atoms. The smallest absolute Gasteiger partial charge is 0.341 e. The van der Waals surface area contributed by atoms with Gasteiger partial charge in [-0.05, 0) is 31.5 Å². The molecule has 178 valence electrons. The van der Waals surface area contributed by atoms with Crippen LogP contribution in [0.1, 0.15) is 29.7 Å². The van der Waals surface area contributed by atoms with Crippen LogP contribution in [0.5, 0.6) is 5.75 Å². The van der Waals surface area contributed by atoms with Gasteiger partial charge in [0.2, 0.25) is 5.43 Å². The van der Waals surface area contributed by atoms with Gasteiger partial charge < -0.3 is 24.6 Å². The minimum absolute atomic E-state index is 0.00836. The summed E-state index contributed by atoms with van der Waals surface area (Å²) in [6.45, 7) is 3.18. The second kappa shape index (κ2) is 7.93. The van der Waals surface area contributed by atoms with Gasteiger partial charge in [0.15, 0.2) is 11.6 Å². The van der Waals surface area contributed by atoms with Crippen LogP contribution in [0.4, 0.5) is 15.9 Å². The largest absolute Gasteiger partial charge is 0.487 e. The van der Waals surface area contributed by atoms with Crippen molar-refractivity contribution in [2.45, 2.75) is 25.4 Å². The van der Waals surface area contributed by atoms with E-state index in [2.05, 4.69) is 15.3 Å². The molecule has 2 aliphatic rings. The van der Waals surface area contributed by atoms with Gasteiger partial charge in [-0.3, -0.25) is 4.79 Å². The third-order valence-electron chi connectivity index (χ3n) is 6.76. The van der Waals surface area contributed by atoms with Crippen molar-refractivity contribution >= 4 is 39.3 Å². The quantitative estimate of drug-likeness (QED) is 0.462. The van der Waals surface area contributed by atoms with Crippen LogP contribution in [0, 0.1) is 5.82 Å². The number of hydrogen-bond donors (Lipinski definition) is 2. The number of aromatic nitrogens is 3. The van der Waals surface area contributed by atoms with Crippen molar-refractivity contribution in [3.05, 3.63) is 64.5 Å². The summed E-state index contributed by atoms with van der Waals surface area (Å²) < 4.78 is 23.2. The van der Waals surface area contributed by atoms with Gasteiger partial charge in [0, 0.05) is 30.7 Å². The molecule has 0 unspecified atom stereocenters. The van der Waals surface area contributed by atoms with Gasteiger partial charge in [-0.1, -0.05) is 12.1 Å². The van der Waals surface area contributed by atoms with E-state index < -0.39 is 17.2 Å². The van der Waals surface area contributed by atoms with Crippen molar-refractivity contribution in [1.29, 1.82) is 0 Å². The molecule has 2 aromatic carbocycles. The number of anilines is 2. The van der Waals surface area contributed by atoms with E-state index in [4.69, 9.17) is 4.74 Å². The summed E-state index contributed by atoms with van der Waals surface area (Å²) in [6, 6.07) is 8.67. The lowest BCUT2D eigenvalue weighted by Gasteiger charge is -2.31. The van der Waals surface area contributed by atoms with Gasteiger partial charge in [-0.2, -0.15) is 0 Å². The van der Waals surface area contributed by atoms with Crippen molar-refractivity contribution in [3.63, 3.8) is 0 Å². The van der Waals surface area contributed by atoms with Gasteiger partial charge in [0.05, 0.1) is 22.5 Å². The second-order valence-corrected chi connectivity index (χ2v) is 8.99. The fourth-order valence-electron chi connectivity index (χ4n) is 5.05. The summed E-state index contributed by atoms with van der Waals surface area (Å²) in [5, 5.41) is 13.9. The van der Waals surface area contributed by atoms with E-state index in [1.807, 2.05) is 36.1 Å². The van der Waals surface area contributed by atoms with Crippen molar-refractivity contribution in [3.8, 4) is 5.75 Å². The van der Waals surface area contributed by atoms with E-state index in [1.54, 1.807) is 4.57 Å². The highest BCUT2D eigenvalue weighted by molar-refractivity contribution is 5.97. The van der Waals surface area contributed by atoms with Crippen LogP contribution in [0.15, 0.2) is 47.7 Å². The number of rotatable bonds is 4. The van der Waals surface area contributed by atoms with Gasteiger partial charge in [-0.25, -0.2) is 19.2 Å². The number of halogens is 1. The van der Waals surface area contributed by atoms with Gasteiger partial charge >= 0.3 is 5.97 Å². The molecule has 0 amide bonds. The van der Waals surface area contributed by atoms with Crippen LogP contribution < -0.4 is 20.4 Å². The van der Waals surface area contributed by atoms with E-state index >= 15 is 4.39 Å². The highest BCUT2D eigenvalue weighted by atomic mass is 19.1. The van der Waals surface area contributed by atoms with Crippen LogP contribution in [-0.4, -0.2) is 51.3 Å². The Labute approximate surface area is 198 Å². The average Bonchev–Trinajstić information content (AvgIpc) is 3.30. The number of para-hydroxylation sites is 1. The first-order valence-electron chi connectivity index (χ1n) is 11.4. The second-order valence-electron chi connectivity index (χ2n) is 8.99. The minimum Gasteiger partial charge on any atom is -0.487 e. The molecule has 6 rings (SSSR count). The number of benzene rings is 2. The Balaban J connectivity index is 1.39. The SMILES string of the molecule is C[C@H]1COc2c(N3CC[C@@H](Nc4ncnc5ccccc45)C3)c(F)cc3c(=O)c(C(=O)O)cn1c23. The summed E-state index contributed by atoms with van der Waals surface area (Å²) >= 11 is 0. The van der Waals surface area contributed by atoms with Crippen molar-refractivity contribution in [2.75, 3.05) is 29.9 Å². The van der Waals surface area contributed by atoms with Crippen molar-refractivity contribution in [1.82, 2.24) is 14.5 Å². The molecule has 9 nitrogen and oxygen atoms in total. The third-order valence-corrected chi connectivity index (χ3v) is 6.76. The number of carboxylic acids is 1. The van der Waals surface area contributed by atoms with Crippen molar-refractivity contribution in [2.24, 2.45) is 0 Å². The zero-order valence-corrected chi connectivity index (χ0v) is 18.9. The van der Waals surface area contributed by atoms with E-state index in [9.17, 15) is 14.7 Å². The van der Waals surface area contributed by atoms with Crippen molar-refractivity contribution < 1.29 is 19.0 Å². The van der Waals surface area contributed by atoms with Crippen LogP contribution in [0.2, 0.25) is 0 Å². The molecule has 0 saturated carbocycles. The third kappa shape index (κ3) is 3.36. The molecule has 2 aromatic heterocycles. The maximum absolute atomic E-state index is 15.5. The molecule has 0 bridgehead atoms. The number of carboxylic acid groups (broad SMARTS) is 1. The van der Waals surface area contributed by atoms with Crippen LogP contribution in [0.25, 0.3) is 21.8 Å². The Morgan fingerprint density at radius 2 is 2.09 bits per heavy atom. The fraction of sp³-hybridized carbons (Fsp3) is 0.280. The zero-order valence-electron chi connectivity index (χ0n) is 18.9. The van der Waals surface area contributed by atoms with E-state index in [-0.39, 0.29) is 41.1 Å². The molecular weight excluding hydrogens is 453 g/mol. The molecule has 0 spiro atoms. The molecule has 10 heteroatoms. The number of nitrogens with zero attached hydrogens (tertiary/aromatic N) is 4. The highest BCUT2D eigenvalue weighted by Gasteiger charge is 2.33. The predicted octanol–water partition coefficient (Wildman–Crippen LogP) is 3.43. The van der Waals surface area contributed by atoms with Gasteiger partial charge in [0.1, 0.15) is 30.0 Å². The molecule has 0 radical (unpaired) electrons.